The second kappa shape index (κ2) is 8.06. The molecule has 1 atom stereocenters. The molecule has 0 fully saturated rings. The van der Waals surface area contributed by atoms with Crippen molar-refractivity contribution in [2.24, 2.45) is 17.4 Å². The molecule has 6 N–H and O–H groups in total. The van der Waals surface area contributed by atoms with Gasteiger partial charge in [0, 0.05) is 6.54 Å². The van der Waals surface area contributed by atoms with Gasteiger partial charge in [0.25, 0.3) is 0 Å². The van der Waals surface area contributed by atoms with Crippen molar-refractivity contribution in [2.45, 2.75) is 26.3 Å². The minimum Gasteiger partial charge on any atom is -0.355 e. The fraction of sp³-hybridized carbons (Fsp3) is 0.800. The molecule has 16 heavy (non-hydrogen) atoms. The molecule has 0 spiro atoms. The van der Waals surface area contributed by atoms with Gasteiger partial charge in [0.1, 0.15) is 0 Å². The first kappa shape index (κ1) is 14.9. The molecular formula is C10H22N4O2. The molecule has 0 saturated heterocycles. The molecule has 0 bridgehead atoms. The van der Waals surface area contributed by atoms with E-state index in [-0.39, 0.29) is 24.3 Å². The average molecular weight is 230 g/mol. The zero-order valence-electron chi connectivity index (χ0n) is 9.95. The van der Waals surface area contributed by atoms with Crippen molar-refractivity contribution in [1.82, 2.24) is 10.6 Å². The lowest BCUT2D eigenvalue weighted by atomic mass is 10.1. The zero-order chi connectivity index (χ0) is 12.6. The molecule has 6 nitrogen and oxygen atoms in total. The van der Waals surface area contributed by atoms with Crippen LogP contribution in [0.5, 0.6) is 0 Å². The predicted molar refractivity (Wildman–Crippen MR) is 62.5 cm³/mol. The first-order chi connectivity index (χ1) is 7.49. The summed E-state index contributed by atoms with van der Waals surface area (Å²) in [5, 5.41) is 5.12. The molecular weight excluding hydrogens is 208 g/mol. The maximum absolute atomic E-state index is 11.4. The van der Waals surface area contributed by atoms with Gasteiger partial charge in [0.15, 0.2) is 0 Å². The molecule has 0 rings (SSSR count). The fourth-order valence-corrected chi connectivity index (χ4v) is 0.980. The van der Waals surface area contributed by atoms with E-state index < -0.39 is 6.04 Å². The van der Waals surface area contributed by atoms with E-state index in [1.807, 2.05) is 13.8 Å². The maximum Gasteiger partial charge on any atom is 0.239 e. The van der Waals surface area contributed by atoms with E-state index in [2.05, 4.69) is 10.6 Å². The highest BCUT2D eigenvalue weighted by atomic mass is 16.2. The van der Waals surface area contributed by atoms with Gasteiger partial charge in [-0.25, -0.2) is 0 Å². The second-order valence-electron chi connectivity index (χ2n) is 3.98. The summed E-state index contributed by atoms with van der Waals surface area (Å²) in [6, 6.07) is -0.572. The summed E-state index contributed by atoms with van der Waals surface area (Å²) in [5.74, 6) is -0.470. The van der Waals surface area contributed by atoms with E-state index in [4.69, 9.17) is 11.5 Å². The monoisotopic (exact) mass is 230 g/mol. The van der Waals surface area contributed by atoms with Crippen molar-refractivity contribution in [3.05, 3.63) is 0 Å². The van der Waals surface area contributed by atoms with Crippen LogP contribution in [-0.2, 0) is 9.59 Å². The lowest BCUT2D eigenvalue weighted by molar-refractivity contribution is -0.127. The molecule has 94 valence electrons. The number of nitrogens with two attached hydrogens (primary N) is 2. The molecule has 0 aliphatic rings. The van der Waals surface area contributed by atoms with E-state index >= 15 is 0 Å². The highest BCUT2D eigenvalue weighted by Gasteiger charge is 2.17. The third kappa shape index (κ3) is 6.36. The van der Waals surface area contributed by atoms with Crippen LogP contribution in [-0.4, -0.2) is 37.5 Å². The average Bonchev–Trinajstić information content (AvgIpc) is 2.25. The molecule has 0 heterocycles. The molecule has 0 aliphatic carbocycles. The van der Waals surface area contributed by atoms with Crippen LogP contribution < -0.4 is 22.1 Å². The Morgan fingerprint density at radius 1 is 1.25 bits per heavy atom. The molecule has 0 aromatic rings. The number of rotatable bonds is 7. The van der Waals surface area contributed by atoms with Crippen LogP contribution in [0.4, 0.5) is 0 Å². The molecule has 0 unspecified atom stereocenters. The van der Waals surface area contributed by atoms with Gasteiger partial charge in [-0.1, -0.05) is 13.8 Å². The number of hydrogen-bond donors (Lipinski definition) is 4. The van der Waals surface area contributed by atoms with Gasteiger partial charge >= 0.3 is 0 Å². The van der Waals surface area contributed by atoms with E-state index in [0.717, 1.165) is 6.42 Å². The van der Waals surface area contributed by atoms with E-state index in [9.17, 15) is 9.59 Å². The summed E-state index contributed by atoms with van der Waals surface area (Å²) in [7, 11) is 0. The van der Waals surface area contributed by atoms with Gasteiger partial charge in [-0.05, 0) is 18.9 Å². The number of carbonyl (C=O) groups excluding carboxylic acids is 2. The normalized spacial score (nSPS) is 12.3. The lowest BCUT2D eigenvalue weighted by Crippen LogP contribution is -2.47. The molecule has 0 aromatic carbocycles. The summed E-state index contributed by atoms with van der Waals surface area (Å²) in [6.45, 7) is 4.73. The standard InChI is InChI=1S/C10H22N4O2/c1-7(2)9(12)10(16)14-6-8(15)13-5-3-4-11/h7,9H,3-6,11-12H2,1-2H3,(H,13,15)(H,14,16)/t9-/m0/s1. The molecule has 0 radical (unpaired) electrons. The van der Waals surface area contributed by atoms with E-state index in [1.54, 1.807) is 0 Å². The van der Waals surface area contributed by atoms with Crippen molar-refractivity contribution >= 4 is 11.8 Å². The Balaban J connectivity index is 3.71. The molecule has 0 aromatic heterocycles. The van der Waals surface area contributed by atoms with Gasteiger partial charge in [-0.3, -0.25) is 9.59 Å². The van der Waals surface area contributed by atoms with Crippen molar-refractivity contribution < 1.29 is 9.59 Å². The van der Waals surface area contributed by atoms with Gasteiger partial charge in [0.2, 0.25) is 11.8 Å². The van der Waals surface area contributed by atoms with Crippen LogP contribution >= 0.6 is 0 Å². The van der Waals surface area contributed by atoms with Gasteiger partial charge in [0.05, 0.1) is 12.6 Å². The smallest absolute Gasteiger partial charge is 0.239 e. The Hall–Kier alpha value is -1.14. The Kier molecular flexibility index (Phi) is 7.49. The van der Waals surface area contributed by atoms with E-state index in [0.29, 0.717) is 13.1 Å². The predicted octanol–water partition coefficient (Wildman–Crippen LogP) is -1.45. The van der Waals surface area contributed by atoms with E-state index in [1.165, 1.54) is 0 Å². The molecule has 2 amide bonds. The molecule has 6 heteroatoms. The summed E-state index contributed by atoms with van der Waals surface area (Å²) >= 11 is 0. The van der Waals surface area contributed by atoms with Crippen LogP contribution in [0.15, 0.2) is 0 Å². The summed E-state index contributed by atoms with van der Waals surface area (Å²) in [5.41, 5.74) is 10.9. The van der Waals surface area contributed by atoms with Crippen LogP contribution in [0.3, 0.4) is 0 Å². The number of amides is 2. The SMILES string of the molecule is CC(C)[C@H](N)C(=O)NCC(=O)NCCCN. The van der Waals surface area contributed by atoms with Crippen LogP contribution in [0.25, 0.3) is 0 Å². The largest absolute Gasteiger partial charge is 0.355 e. The highest BCUT2D eigenvalue weighted by molar-refractivity contribution is 5.87. The fourth-order valence-electron chi connectivity index (χ4n) is 0.980. The zero-order valence-corrected chi connectivity index (χ0v) is 9.95. The second-order valence-corrected chi connectivity index (χ2v) is 3.98. The van der Waals surface area contributed by atoms with Crippen LogP contribution in [0, 0.1) is 5.92 Å². The first-order valence-corrected chi connectivity index (χ1v) is 5.49. The summed E-state index contributed by atoms with van der Waals surface area (Å²) in [4.78, 5) is 22.6. The van der Waals surface area contributed by atoms with Gasteiger partial charge < -0.3 is 22.1 Å². The highest BCUT2D eigenvalue weighted by Crippen LogP contribution is 1.97. The first-order valence-electron chi connectivity index (χ1n) is 5.49. The lowest BCUT2D eigenvalue weighted by Gasteiger charge is -2.15. The summed E-state index contributed by atoms with van der Waals surface area (Å²) in [6.07, 6.45) is 0.727. The third-order valence-electron chi connectivity index (χ3n) is 2.15. The van der Waals surface area contributed by atoms with Crippen molar-refractivity contribution in [2.75, 3.05) is 19.6 Å². The Morgan fingerprint density at radius 2 is 1.88 bits per heavy atom. The minimum absolute atomic E-state index is 0.0379. The number of carbonyl (C=O) groups is 2. The Morgan fingerprint density at radius 3 is 2.38 bits per heavy atom. The maximum atomic E-state index is 11.4. The molecule has 0 saturated carbocycles. The third-order valence-corrected chi connectivity index (χ3v) is 2.15. The summed E-state index contributed by atoms with van der Waals surface area (Å²) < 4.78 is 0. The van der Waals surface area contributed by atoms with Crippen LogP contribution in [0.2, 0.25) is 0 Å². The van der Waals surface area contributed by atoms with Crippen molar-refractivity contribution in [3.63, 3.8) is 0 Å². The van der Waals surface area contributed by atoms with Gasteiger partial charge in [-0.15, -0.1) is 0 Å². The quantitative estimate of drug-likeness (QED) is 0.401. The van der Waals surface area contributed by atoms with Crippen molar-refractivity contribution in [3.8, 4) is 0 Å². The van der Waals surface area contributed by atoms with Crippen molar-refractivity contribution in [1.29, 1.82) is 0 Å². The number of nitrogens with one attached hydrogen (secondary N) is 2. The molecule has 0 aliphatic heterocycles. The Bertz CT molecular complexity index is 231. The topological polar surface area (TPSA) is 110 Å². The van der Waals surface area contributed by atoms with Gasteiger partial charge in [-0.2, -0.15) is 0 Å². The van der Waals surface area contributed by atoms with Crippen LogP contribution in [0.1, 0.15) is 20.3 Å². The Labute approximate surface area is 96.1 Å². The minimum atomic E-state index is -0.572. The number of hydrogen-bond acceptors (Lipinski definition) is 4.